The van der Waals surface area contributed by atoms with Crippen molar-refractivity contribution in [3.8, 4) is 11.5 Å². The van der Waals surface area contributed by atoms with Crippen molar-refractivity contribution in [3.05, 3.63) is 47.2 Å². The van der Waals surface area contributed by atoms with Gasteiger partial charge in [0, 0.05) is 12.3 Å². The molecule has 0 bridgehead atoms. The lowest BCUT2D eigenvalue weighted by molar-refractivity contribution is -0.144. The van der Waals surface area contributed by atoms with Crippen LogP contribution in [-0.2, 0) is 25.5 Å². The van der Waals surface area contributed by atoms with Crippen molar-refractivity contribution < 1.29 is 39.5 Å². The first kappa shape index (κ1) is 20.8. The fraction of sp³-hybridized carbons (Fsp3) is 0.278. The van der Waals surface area contributed by atoms with Gasteiger partial charge in [0.2, 0.25) is 0 Å². The maximum absolute atomic E-state index is 12.0. The Hall–Kier alpha value is -3.29. The number of phenolic OH excluding ortho intramolecular Hbond substituents is 2. The van der Waals surface area contributed by atoms with Gasteiger partial charge in [0.1, 0.15) is 6.29 Å². The van der Waals surface area contributed by atoms with Gasteiger partial charge in [-0.25, -0.2) is 4.79 Å². The Balaban J connectivity index is 2.73. The first-order valence-corrected chi connectivity index (χ1v) is 7.69. The van der Waals surface area contributed by atoms with E-state index in [0.717, 1.165) is 0 Å². The van der Waals surface area contributed by atoms with E-state index >= 15 is 0 Å². The predicted molar refractivity (Wildman–Crippen MR) is 90.7 cm³/mol. The van der Waals surface area contributed by atoms with Gasteiger partial charge in [0.25, 0.3) is 0 Å². The van der Waals surface area contributed by atoms with Crippen LogP contribution < -0.4 is 0 Å². The standard InChI is InChI=1S/C18H20O8/c1-2-12(9-19)13(14(10-20)18(24)25)8-17(23)26-6-5-11-3-4-15(21)16(22)7-11/h2-4,7,9-10,13,20-22H,5-6,8H2,1H3,(H,24,25)/t13-/m1/s1. The number of carbonyl (C=O) groups excluding carboxylic acids is 2. The SMILES string of the molecule is CC=C(C=O)[C@@H](CC(=O)OCCc1ccc(O)c(O)c1)C(=CO)C(=O)O. The van der Waals surface area contributed by atoms with Crippen LogP contribution in [0.5, 0.6) is 11.5 Å². The number of aliphatic carboxylic acids is 1. The second-order valence-corrected chi connectivity index (χ2v) is 5.35. The molecule has 0 heterocycles. The van der Waals surface area contributed by atoms with E-state index in [0.29, 0.717) is 18.1 Å². The summed E-state index contributed by atoms with van der Waals surface area (Å²) in [6.45, 7) is 1.46. The number of carbonyl (C=O) groups is 3. The van der Waals surface area contributed by atoms with Crippen molar-refractivity contribution in [1.82, 2.24) is 0 Å². The molecule has 1 aromatic rings. The molecule has 0 unspecified atom stereocenters. The van der Waals surface area contributed by atoms with Gasteiger partial charge in [0.15, 0.2) is 11.5 Å². The Morgan fingerprint density at radius 1 is 1.23 bits per heavy atom. The number of rotatable bonds is 9. The number of aromatic hydroxyl groups is 2. The molecule has 1 aromatic carbocycles. The van der Waals surface area contributed by atoms with Gasteiger partial charge < -0.3 is 25.2 Å². The van der Waals surface area contributed by atoms with Gasteiger partial charge in [-0.15, -0.1) is 0 Å². The van der Waals surface area contributed by atoms with Crippen LogP contribution in [0, 0.1) is 5.92 Å². The van der Waals surface area contributed by atoms with Gasteiger partial charge in [-0.3, -0.25) is 9.59 Å². The van der Waals surface area contributed by atoms with Crippen molar-refractivity contribution in [2.45, 2.75) is 19.8 Å². The molecule has 0 spiro atoms. The third kappa shape index (κ3) is 5.66. The molecule has 1 atom stereocenters. The molecule has 0 amide bonds. The average molecular weight is 364 g/mol. The van der Waals surface area contributed by atoms with E-state index in [4.69, 9.17) is 14.9 Å². The highest BCUT2D eigenvalue weighted by molar-refractivity contribution is 5.91. The van der Waals surface area contributed by atoms with Crippen molar-refractivity contribution in [2.75, 3.05) is 6.61 Å². The maximum Gasteiger partial charge on any atom is 0.335 e. The number of aliphatic hydroxyl groups excluding tert-OH is 1. The van der Waals surface area contributed by atoms with Crippen molar-refractivity contribution in [3.63, 3.8) is 0 Å². The number of hydrogen-bond donors (Lipinski definition) is 4. The fourth-order valence-electron chi connectivity index (χ4n) is 2.29. The van der Waals surface area contributed by atoms with Gasteiger partial charge >= 0.3 is 11.9 Å². The smallest absolute Gasteiger partial charge is 0.335 e. The number of ether oxygens (including phenoxy) is 1. The van der Waals surface area contributed by atoms with E-state index in [1.165, 1.54) is 25.1 Å². The van der Waals surface area contributed by atoms with E-state index in [9.17, 15) is 24.6 Å². The molecule has 0 aliphatic heterocycles. The molecule has 0 aliphatic carbocycles. The molecule has 4 N–H and O–H groups in total. The van der Waals surface area contributed by atoms with Crippen LogP contribution in [0.15, 0.2) is 41.7 Å². The second kappa shape index (κ2) is 9.87. The van der Waals surface area contributed by atoms with Crippen LogP contribution in [0.3, 0.4) is 0 Å². The van der Waals surface area contributed by atoms with Gasteiger partial charge in [0.05, 0.1) is 24.9 Å². The summed E-state index contributed by atoms with van der Waals surface area (Å²) in [6.07, 6.45) is 1.96. The summed E-state index contributed by atoms with van der Waals surface area (Å²) in [6, 6.07) is 4.18. The molecule has 1 rings (SSSR count). The Kier molecular flexibility index (Phi) is 7.88. The predicted octanol–water partition coefficient (Wildman–Crippen LogP) is 1.86. The second-order valence-electron chi connectivity index (χ2n) is 5.35. The highest BCUT2D eigenvalue weighted by Gasteiger charge is 2.27. The molecule has 26 heavy (non-hydrogen) atoms. The number of aldehydes is 1. The first-order valence-electron chi connectivity index (χ1n) is 7.69. The maximum atomic E-state index is 12.0. The number of aliphatic hydroxyl groups is 1. The van der Waals surface area contributed by atoms with E-state index in [1.807, 2.05) is 0 Å². The monoisotopic (exact) mass is 364 g/mol. The Labute approximate surface area is 149 Å². The molecular formula is C18H20O8. The van der Waals surface area contributed by atoms with Crippen LogP contribution in [0.4, 0.5) is 0 Å². The number of phenols is 2. The van der Waals surface area contributed by atoms with Gasteiger partial charge in [-0.1, -0.05) is 12.1 Å². The van der Waals surface area contributed by atoms with Gasteiger partial charge in [-0.2, -0.15) is 0 Å². The molecule has 0 aliphatic rings. The molecule has 0 radical (unpaired) electrons. The number of allylic oxidation sites excluding steroid dienone is 2. The molecule has 0 aromatic heterocycles. The van der Waals surface area contributed by atoms with E-state index < -0.39 is 29.9 Å². The van der Waals surface area contributed by atoms with Crippen molar-refractivity contribution in [2.24, 2.45) is 5.92 Å². The van der Waals surface area contributed by atoms with E-state index in [-0.39, 0.29) is 30.1 Å². The Morgan fingerprint density at radius 3 is 2.42 bits per heavy atom. The van der Waals surface area contributed by atoms with E-state index in [1.54, 1.807) is 6.07 Å². The molecule has 8 nitrogen and oxygen atoms in total. The molecule has 0 saturated carbocycles. The summed E-state index contributed by atoms with van der Waals surface area (Å²) in [5.74, 6) is -3.90. The highest BCUT2D eigenvalue weighted by atomic mass is 16.5. The van der Waals surface area contributed by atoms with Gasteiger partial charge in [-0.05, 0) is 30.2 Å². The lowest BCUT2D eigenvalue weighted by atomic mass is 9.89. The lowest BCUT2D eigenvalue weighted by Gasteiger charge is -2.16. The molecule has 8 heteroatoms. The van der Waals surface area contributed by atoms with Crippen LogP contribution in [0.1, 0.15) is 18.9 Å². The fourth-order valence-corrected chi connectivity index (χ4v) is 2.29. The minimum Gasteiger partial charge on any atom is -0.515 e. The zero-order chi connectivity index (χ0) is 19.7. The third-order valence-electron chi connectivity index (χ3n) is 3.70. The summed E-state index contributed by atoms with van der Waals surface area (Å²) in [5, 5.41) is 36.8. The number of carboxylic acids is 1. The van der Waals surface area contributed by atoms with Crippen molar-refractivity contribution >= 4 is 18.2 Å². The molecule has 0 fully saturated rings. The lowest BCUT2D eigenvalue weighted by Crippen LogP contribution is -2.21. The summed E-state index contributed by atoms with van der Waals surface area (Å²) < 4.78 is 5.03. The number of benzene rings is 1. The third-order valence-corrected chi connectivity index (χ3v) is 3.70. The minimum absolute atomic E-state index is 0.0353. The summed E-state index contributed by atoms with van der Waals surface area (Å²) in [7, 11) is 0. The zero-order valence-electron chi connectivity index (χ0n) is 14.1. The van der Waals surface area contributed by atoms with Crippen LogP contribution >= 0.6 is 0 Å². The molecular weight excluding hydrogens is 344 g/mol. The Bertz CT molecular complexity index is 733. The van der Waals surface area contributed by atoms with Crippen LogP contribution in [0.25, 0.3) is 0 Å². The normalized spacial score (nSPS) is 13.1. The summed E-state index contributed by atoms with van der Waals surface area (Å²) >= 11 is 0. The number of hydrogen-bond acceptors (Lipinski definition) is 7. The quantitative estimate of drug-likeness (QED) is 0.171. The Morgan fingerprint density at radius 2 is 1.92 bits per heavy atom. The number of esters is 1. The zero-order valence-corrected chi connectivity index (χ0v) is 14.1. The summed E-state index contributed by atoms with van der Waals surface area (Å²) in [5.41, 5.74) is 0.159. The largest absolute Gasteiger partial charge is 0.515 e. The summed E-state index contributed by atoms with van der Waals surface area (Å²) in [4.78, 5) is 34.3. The van der Waals surface area contributed by atoms with Crippen LogP contribution in [-0.4, -0.2) is 45.3 Å². The van der Waals surface area contributed by atoms with E-state index in [2.05, 4.69) is 0 Å². The topological polar surface area (TPSA) is 141 Å². The van der Waals surface area contributed by atoms with Crippen LogP contribution in [0.2, 0.25) is 0 Å². The number of carboxylic acid groups (broad SMARTS) is 1. The average Bonchev–Trinajstić information content (AvgIpc) is 2.59. The minimum atomic E-state index is -1.45. The highest BCUT2D eigenvalue weighted by Crippen LogP contribution is 2.26. The first-order chi connectivity index (χ1) is 12.3. The molecule has 140 valence electrons. The molecule has 0 saturated heterocycles. The van der Waals surface area contributed by atoms with Crippen molar-refractivity contribution in [1.29, 1.82) is 0 Å².